The second-order valence-electron chi connectivity index (χ2n) is 5.80. The van der Waals surface area contributed by atoms with Crippen molar-refractivity contribution in [2.45, 2.75) is 33.7 Å². The zero-order valence-corrected chi connectivity index (χ0v) is 14.8. The minimum Gasteiger partial charge on any atom is -0.493 e. The molecule has 0 aromatic heterocycles. The van der Waals surface area contributed by atoms with Crippen LogP contribution < -0.4 is 14.8 Å². The van der Waals surface area contributed by atoms with E-state index in [9.17, 15) is 4.79 Å². The Balaban J connectivity index is 1.97. The van der Waals surface area contributed by atoms with Crippen molar-refractivity contribution in [2.24, 2.45) is 0 Å². The summed E-state index contributed by atoms with van der Waals surface area (Å²) >= 11 is 0. The zero-order chi connectivity index (χ0) is 17.5. The van der Waals surface area contributed by atoms with Crippen LogP contribution >= 0.6 is 0 Å². The van der Waals surface area contributed by atoms with Crippen molar-refractivity contribution < 1.29 is 14.3 Å². The Labute approximate surface area is 143 Å². The molecular formula is C20H25NO3. The number of benzene rings is 2. The summed E-state index contributed by atoms with van der Waals surface area (Å²) in [5.74, 6) is 1.40. The average molecular weight is 327 g/mol. The van der Waals surface area contributed by atoms with E-state index in [1.165, 1.54) is 5.56 Å². The molecule has 0 aliphatic carbocycles. The number of rotatable bonds is 7. The Bertz CT molecular complexity index is 710. The van der Waals surface area contributed by atoms with Crippen LogP contribution in [-0.2, 0) is 17.8 Å². The Morgan fingerprint density at radius 1 is 1.08 bits per heavy atom. The maximum atomic E-state index is 12.2. The number of carbonyl (C=O) groups excluding carboxylic acids is 1. The molecule has 0 bridgehead atoms. The summed E-state index contributed by atoms with van der Waals surface area (Å²) in [7, 11) is 1.61. The largest absolute Gasteiger partial charge is 0.493 e. The Hall–Kier alpha value is -2.49. The van der Waals surface area contributed by atoms with Crippen LogP contribution in [0.25, 0.3) is 0 Å². The Kier molecular flexibility index (Phi) is 6.24. The topological polar surface area (TPSA) is 47.6 Å². The Morgan fingerprint density at radius 3 is 2.54 bits per heavy atom. The van der Waals surface area contributed by atoms with Crippen molar-refractivity contribution in [1.82, 2.24) is 5.32 Å². The molecule has 2 aromatic rings. The molecule has 1 N–H and O–H groups in total. The lowest BCUT2D eigenvalue weighted by Crippen LogP contribution is -2.24. The summed E-state index contributed by atoms with van der Waals surface area (Å²) in [6.07, 6.45) is 0.389. The molecule has 0 aliphatic rings. The minimum absolute atomic E-state index is 0.00994. The molecule has 0 radical (unpaired) electrons. The van der Waals surface area contributed by atoms with Gasteiger partial charge in [-0.1, -0.05) is 29.8 Å². The highest BCUT2D eigenvalue weighted by Crippen LogP contribution is 2.28. The third-order valence-corrected chi connectivity index (χ3v) is 3.87. The molecule has 0 atom stereocenters. The van der Waals surface area contributed by atoms with Crippen molar-refractivity contribution in [3.63, 3.8) is 0 Å². The van der Waals surface area contributed by atoms with Crippen LogP contribution in [0.3, 0.4) is 0 Å². The number of nitrogens with one attached hydrogen (secondary N) is 1. The number of ether oxygens (including phenoxy) is 2. The van der Waals surface area contributed by atoms with E-state index in [0.29, 0.717) is 31.1 Å². The number of aryl methyl sites for hydroxylation is 2. The normalized spacial score (nSPS) is 10.3. The fourth-order valence-electron chi connectivity index (χ4n) is 2.58. The summed E-state index contributed by atoms with van der Waals surface area (Å²) < 4.78 is 10.8. The van der Waals surface area contributed by atoms with E-state index in [0.717, 1.165) is 16.7 Å². The molecule has 24 heavy (non-hydrogen) atoms. The van der Waals surface area contributed by atoms with Gasteiger partial charge in [-0.05, 0) is 49.6 Å². The summed E-state index contributed by atoms with van der Waals surface area (Å²) in [5, 5.41) is 2.96. The fourth-order valence-corrected chi connectivity index (χ4v) is 2.58. The van der Waals surface area contributed by atoms with Gasteiger partial charge in [0.15, 0.2) is 11.5 Å². The molecule has 0 spiro atoms. The molecule has 0 unspecified atom stereocenters. The summed E-state index contributed by atoms with van der Waals surface area (Å²) in [4.78, 5) is 12.2. The highest BCUT2D eigenvalue weighted by molar-refractivity contribution is 5.79. The molecule has 2 aromatic carbocycles. The van der Waals surface area contributed by atoms with E-state index in [1.54, 1.807) is 7.11 Å². The molecule has 128 valence electrons. The first-order chi connectivity index (χ1) is 11.5. The van der Waals surface area contributed by atoms with Gasteiger partial charge in [-0.2, -0.15) is 0 Å². The summed E-state index contributed by atoms with van der Waals surface area (Å²) in [6, 6.07) is 11.8. The van der Waals surface area contributed by atoms with Crippen molar-refractivity contribution in [1.29, 1.82) is 0 Å². The van der Waals surface area contributed by atoms with Gasteiger partial charge >= 0.3 is 0 Å². The molecule has 0 heterocycles. The van der Waals surface area contributed by atoms with Crippen LogP contribution in [0.15, 0.2) is 36.4 Å². The van der Waals surface area contributed by atoms with Gasteiger partial charge in [0.25, 0.3) is 0 Å². The fraction of sp³-hybridized carbons (Fsp3) is 0.350. The molecule has 0 saturated heterocycles. The molecule has 0 saturated carbocycles. The summed E-state index contributed by atoms with van der Waals surface area (Å²) in [5.41, 5.74) is 4.39. The molecule has 2 rings (SSSR count). The predicted octanol–water partition coefficient (Wildman–Crippen LogP) is 3.57. The smallest absolute Gasteiger partial charge is 0.224 e. The number of hydrogen-bond acceptors (Lipinski definition) is 3. The maximum absolute atomic E-state index is 12.2. The van der Waals surface area contributed by atoms with Gasteiger partial charge in [0.05, 0.1) is 20.1 Å². The van der Waals surface area contributed by atoms with Crippen LogP contribution in [0.1, 0.15) is 29.2 Å². The average Bonchev–Trinajstić information content (AvgIpc) is 2.56. The first-order valence-electron chi connectivity index (χ1n) is 8.16. The van der Waals surface area contributed by atoms with Crippen LogP contribution in [0.2, 0.25) is 0 Å². The third-order valence-electron chi connectivity index (χ3n) is 3.87. The monoisotopic (exact) mass is 327 g/mol. The van der Waals surface area contributed by atoms with E-state index in [2.05, 4.69) is 18.3 Å². The second-order valence-corrected chi connectivity index (χ2v) is 5.80. The van der Waals surface area contributed by atoms with Gasteiger partial charge in [0, 0.05) is 6.54 Å². The molecule has 1 amide bonds. The lowest BCUT2D eigenvalue weighted by molar-refractivity contribution is -0.120. The Morgan fingerprint density at radius 2 is 1.88 bits per heavy atom. The lowest BCUT2D eigenvalue weighted by atomic mass is 10.0. The summed E-state index contributed by atoms with van der Waals surface area (Å²) in [6.45, 7) is 7.05. The van der Waals surface area contributed by atoms with E-state index >= 15 is 0 Å². The number of carbonyl (C=O) groups is 1. The van der Waals surface area contributed by atoms with Crippen molar-refractivity contribution in [3.05, 3.63) is 58.7 Å². The van der Waals surface area contributed by atoms with Gasteiger partial charge in [-0.25, -0.2) is 0 Å². The highest BCUT2D eigenvalue weighted by atomic mass is 16.5. The van der Waals surface area contributed by atoms with Crippen LogP contribution in [0.5, 0.6) is 11.5 Å². The van der Waals surface area contributed by atoms with E-state index in [4.69, 9.17) is 9.47 Å². The van der Waals surface area contributed by atoms with Crippen molar-refractivity contribution in [3.8, 4) is 11.5 Å². The SMILES string of the molecule is CCOc1cc(CNC(=O)Cc2ccc(C)cc2C)ccc1OC. The van der Waals surface area contributed by atoms with Gasteiger partial charge in [-0.3, -0.25) is 4.79 Å². The van der Waals surface area contributed by atoms with E-state index < -0.39 is 0 Å². The van der Waals surface area contributed by atoms with Crippen LogP contribution in [-0.4, -0.2) is 19.6 Å². The van der Waals surface area contributed by atoms with Gasteiger partial charge < -0.3 is 14.8 Å². The van der Waals surface area contributed by atoms with Crippen LogP contribution in [0, 0.1) is 13.8 Å². The standard InChI is InChI=1S/C20H25NO3/c1-5-24-19-11-16(7-9-18(19)23-4)13-21-20(22)12-17-8-6-14(2)10-15(17)3/h6-11H,5,12-13H2,1-4H3,(H,21,22). The second kappa shape index (κ2) is 8.39. The third kappa shape index (κ3) is 4.75. The molecule has 0 fully saturated rings. The van der Waals surface area contributed by atoms with E-state index in [-0.39, 0.29) is 5.91 Å². The molecule has 4 nitrogen and oxygen atoms in total. The van der Waals surface area contributed by atoms with Gasteiger partial charge in [0.2, 0.25) is 5.91 Å². The van der Waals surface area contributed by atoms with E-state index in [1.807, 2.05) is 44.2 Å². The lowest BCUT2D eigenvalue weighted by Gasteiger charge is -2.12. The maximum Gasteiger partial charge on any atom is 0.224 e. The molecular weight excluding hydrogens is 302 g/mol. The highest BCUT2D eigenvalue weighted by Gasteiger charge is 2.08. The first-order valence-corrected chi connectivity index (χ1v) is 8.16. The minimum atomic E-state index is 0.00994. The predicted molar refractivity (Wildman–Crippen MR) is 95.6 cm³/mol. The molecule has 0 aliphatic heterocycles. The van der Waals surface area contributed by atoms with Gasteiger partial charge in [-0.15, -0.1) is 0 Å². The zero-order valence-electron chi connectivity index (χ0n) is 14.8. The van der Waals surface area contributed by atoms with Crippen molar-refractivity contribution >= 4 is 5.91 Å². The van der Waals surface area contributed by atoms with Crippen LogP contribution in [0.4, 0.5) is 0 Å². The molecule has 4 heteroatoms. The first kappa shape index (κ1) is 17.9. The van der Waals surface area contributed by atoms with Crippen molar-refractivity contribution in [2.75, 3.05) is 13.7 Å². The quantitative estimate of drug-likeness (QED) is 0.846. The number of hydrogen-bond donors (Lipinski definition) is 1. The number of amides is 1. The van der Waals surface area contributed by atoms with Gasteiger partial charge in [0.1, 0.15) is 0 Å². The number of methoxy groups -OCH3 is 1.